The summed E-state index contributed by atoms with van der Waals surface area (Å²) in [6, 6.07) is 15.2. The van der Waals surface area contributed by atoms with Gasteiger partial charge in [-0.25, -0.2) is 9.97 Å². The Morgan fingerprint density at radius 3 is 2.62 bits per heavy atom. The van der Waals surface area contributed by atoms with Gasteiger partial charge < -0.3 is 10.1 Å². The standard InChI is InChI=1S/C20H21N3O2S/c1-3-6-18-22-17-8-5-4-7-16(17)20(23-18)26-13-19(24)21-14-9-11-15(25-2)12-10-14/h4-5,7-12H,3,6,13H2,1-2H3,(H,21,24). The first-order valence-corrected chi connectivity index (χ1v) is 9.50. The number of benzene rings is 2. The van der Waals surface area contributed by atoms with Crippen LogP contribution < -0.4 is 10.1 Å². The Labute approximate surface area is 157 Å². The quantitative estimate of drug-likeness (QED) is 0.498. The molecule has 2 aromatic carbocycles. The van der Waals surface area contributed by atoms with Crippen LogP contribution >= 0.6 is 11.8 Å². The molecule has 0 atom stereocenters. The van der Waals surface area contributed by atoms with E-state index >= 15 is 0 Å². The zero-order valence-electron chi connectivity index (χ0n) is 14.9. The first-order chi connectivity index (χ1) is 12.7. The molecule has 0 spiro atoms. The van der Waals surface area contributed by atoms with Gasteiger partial charge in [-0.3, -0.25) is 4.79 Å². The van der Waals surface area contributed by atoms with Gasteiger partial charge in [0.25, 0.3) is 0 Å². The normalized spacial score (nSPS) is 10.7. The second kappa shape index (κ2) is 8.67. The van der Waals surface area contributed by atoms with Crippen LogP contribution in [0.5, 0.6) is 5.75 Å². The molecule has 5 nitrogen and oxygen atoms in total. The molecule has 134 valence electrons. The second-order valence-corrected chi connectivity index (χ2v) is 6.74. The predicted octanol–water partition coefficient (Wildman–Crippen LogP) is 4.32. The van der Waals surface area contributed by atoms with Gasteiger partial charge in [-0.15, -0.1) is 0 Å². The molecule has 1 amide bonds. The zero-order valence-corrected chi connectivity index (χ0v) is 15.7. The van der Waals surface area contributed by atoms with Crippen LogP contribution in [0, 0.1) is 0 Å². The highest BCUT2D eigenvalue weighted by Gasteiger charge is 2.10. The third-order valence-corrected chi connectivity index (χ3v) is 4.79. The Balaban J connectivity index is 1.70. The lowest BCUT2D eigenvalue weighted by atomic mass is 10.2. The molecule has 1 heterocycles. The maximum Gasteiger partial charge on any atom is 0.234 e. The molecule has 26 heavy (non-hydrogen) atoms. The number of ether oxygens (including phenoxy) is 1. The van der Waals surface area contributed by atoms with E-state index in [1.54, 1.807) is 7.11 Å². The lowest BCUT2D eigenvalue weighted by Crippen LogP contribution is -2.14. The molecule has 1 aromatic heterocycles. The molecule has 0 unspecified atom stereocenters. The summed E-state index contributed by atoms with van der Waals surface area (Å²) in [5.41, 5.74) is 1.67. The fourth-order valence-corrected chi connectivity index (χ4v) is 3.38. The minimum absolute atomic E-state index is 0.0695. The minimum Gasteiger partial charge on any atom is -0.497 e. The summed E-state index contributed by atoms with van der Waals surface area (Å²) < 4.78 is 5.12. The van der Waals surface area contributed by atoms with E-state index in [0.717, 1.165) is 46.0 Å². The van der Waals surface area contributed by atoms with Gasteiger partial charge in [0.05, 0.1) is 18.4 Å². The number of methoxy groups -OCH3 is 1. The van der Waals surface area contributed by atoms with Gasteiger partial charge in [0.2, 0.25) is 5.91 Å². The largest absolute Gasteiger partial charge is 0.497 e. The smallest absolute Gasteiger partial charge is 0.234 e. The van der Waals surface area contributed by atoms with Crippen LogP contribution in [0.1, 0.15) is 19.2 Å². The van der Waals surface area contributed by atoms with Crippen molar-refractivity contribution in [1.82, 2.24) is 9.97 Å². The summed E-state index contributed by atoms with van der Waals surface area (Å²) >= 11 is 1.44. The number of rotatable bonds is 7. The van der Waals surface area contributed by atoms with Crippen molar-refractivity contribution in [2.75, 3.05) is 18.2 Å². The number of aryl methyl sites for hydroxylation is 1. The number of amides is 1. The Kier molecular flexibility index (Phi) is 6.07. The number of nitrogens with zero attached hydrogens (tertiary/aromatic N) is 2. The Hall–Kier alpha value is -2.60. The van der Waals surface area contributed by atoms with Gasteiger partial charge in [0.1, 0.15) is 16.6 Å². The second-order valence-electron chi connectivity index (χ2n) is 5.78. The van der Waals surface area contributed by atoms with E-state index < -0.39 is 0 Å². The van der Waals surface area contributed by atoms with Gasteiger partial charge in [-0.1, -0.05) is 36.9 Å². The first kappa shape index (κ1) is 18.2. The maximum absolute atomic E-state index is 12.3. The number of para-hydroxylation sites is 1. The van der Waals surface area contributed by atoms with E-state index in [4.69, 9.17) is 4.74 Å². The summed E-state index contributed by atoms with van der Waals surface area (Å²) in [4.78, 5) is 21.5. The highest BCUT2D eigenvalue weighted by atomic mass is 32.2. The molecule has 0 saturated heterocycles. The molecule has 0 bridgehead atoms. The van der Waals surface area contributed by atoms with Gasteiger partial charge in [-0.05, 0) is 36.8 Å². The third-order valence-electron chi connectivity index (χ3n) is 3.80. The van der Waals surface area contributed by atoms with E-state index in [-0.39, 0.29) is 5.91 Å². The van der Waals surface area contributed by atoms with Crippen molar-refractivity contribution < 1.29 is 9.53 Å². The number of fused-ring (bicyclic) bond motifs is 1. The molecule has 0 aliphatic heterocycles. The zero-order chi connectivity index (χ0) is 18.4. The number of thioether (sulfide) groups is 1. The molecular formula is C20H21N3O2S. The Morgan fingerprint density at radius 2 is 1.88 bits per heavy atom. The van der Waals surface area contributed by atoms with Gasteiger partial charge in [0, 0.05) is 17.5 Å². The van der Waals surface area contributed by atoms with Crippen molar-refractivity contribution >= 4 is 34.3 Å². The van der Waals surface area contributed by atoms with Crippen LogP contribution in [0.15, 0.2) is 53.6 Å². The first-order valence-electron chi connectivity index (χ1n) is 8.52. The summed E-state index contributed by atoms with van der Waals surface area (Å²) in [6.07, 6.45) is 1.82. The van der Waals surface area contributed by atoms with E-state index in [0.29, 0.717) is 5.75 Å². The summed E-state index contributed by atoms with van der Waals surface area (Å²) in [5, 5.41) is 4.72. The van der Waals surface area contributed by atoms with Crippen molar-refractivity contribution in [3.05, 3.63) is 54.4 Å². The maximum atomic E-state index is 12.3. The average Bonchev–Trinajstić information content (AvgIpc) is 2.67. The Morgan fingerprint density at radius 1 is 1.12 bits per heavy atom. The fraction of sp³-hybridized carbons (Fsp3) is 0.250. The van der Waals surface area contributed by atoms with Crippen molar-refractivity contribution in [2.45, 2.75) is 24.8 Å². The number of carbonyl (C=O) groups excluding carboxylic acids is 1. The Bertz CT molecular complexity index is 897. The van der Waals surface area contributed by atoms with Gasteiger partial charge in [-0.2, -0.15) is 0 Å². The predicted molar refractivity (Wildman–Crippen MR) is 106 cm³/mol. The van der Waals surface area contributed by atoms with Crippen LogP contribution in [0.4, 0.5) is 5.69 Å². The highest BCUT2D eigenvalue weighted by molar-refractivity contribution is 8.00. The monoisotopic (exact) mass is 367 g/mol. The van der Waals surface area contributed by atoms with E-state index in [1.807, 2.05) is 48.5 Å². The van der Waals surface area contributed by atoms with E-state index in [2.05, 4.69) is 22.2 Å². The summed E-state index contributed by atoms with van der Waals surface area (Å²) in [6.45, 7) is 2.10. The van der Waals surface area contributed by atoms with Gasteiger partial charge in [0.15, 0.2) is 0 Å². The fourth-order valence-electron chi connectivity index (χ4n) is 2.54. The molecule has 0 radical (unpaired) electrons. The number of aromatic nitrogens is 2. The van der Waals surface area contributed by atoms with Crippen LogP contribution in [0.3, 0.4) is 0 Å². The minimum atomic E-state index is -0.0695. The molecule has 6 heteroatoms. The molecule has 0 fully saturated rings. The number of anilines is 1. The van der Waals surface area contributed by atoms with Crippen LogP contribution in [-0.4, -0.2) is 28.7 Å². The number of hydrogen-bond acceptors (Lipinski definition) is 5. The average molecular weight is 367 g/mol. The molecule has 1 N–H and O–H groups in total. The third kappa shape index (κ3) is 4.52. The molecule has 0 saturated carbocycles. The SMILES string of the molecule is CCCc1nc(SCC(=O)Nc2ccc(OC)cc2)c2ccccc2n1. The summed E-state index contributed by atoms with van der Waals surface area (Å²) in [7, 11) is 1.61. The molecule has 0 aliphatic rings. The van der Waals surface area contributed by atoms with Crippen molar-refractivity contribution in [2.24, 2.45) is 0 Å². The lowest BCUT2D eigenvalue weighted by molar-refractivity contribution is -0.113. The summed E-state index contributed by atoms with van der Waals surface area (Å²) in [5.74, 6) is 1.80. The van der Waals surface area contributed by atoms with Crippen molar-refractivity contribution in [3.63, 3.8) is 0 Å². The van der Waals surface area contributed by atoms with Gasteiger partial charge >= 0.3 is 0 Å². The van der Waals surface area contributed by atoms with Crippen molar-refractivity contribution in [3.8, 4) is 5.75 Å². The topological polar surface area (TPSA) is 64.1 Å². The molecule has 0 aliphatic carbocycles. The van der Waals surface area contributed by atoms with Crippen LogP contribution in [-0.2, 0) is 11.2 Å². The number of carbonyl (C=O) groups is 1. The molecular weight excluding hydrogens is 346 g/mol. The highest BCUT2D eigenvalue weighted by Crippen LogP contribution is 2.26. The van der Waals surface area contributed by atoms with E-state index in [9.17, 15) is 4.79 Å². The molecule has 3 aromatic rings. The van der Waals surface area contributed by atoms with Crippen LogP contribution in [0.2, 0.25) is 0 Å². The van der Waals surface area contributed by atoms with Crippen molar-refractivity contribution in [1.29, 1.82) is 0 Å². The van der Waals surface area contributed by atoms with E-state index in [1.165, 1.54) is 11.8 Å². The lowest BCUT2D eigenvalue weighted by Gasteiger charge is -2.09. The number of nitrogens with one attached hydrogen (secondary N) is 1. The van der Waals surface area contributed by atoms with Crippen LogP contribution in [0.25, 0.3) is 10.9 Å². The number of hydrogen-bond donors (Lipinski definition) is 1. The molecule has 3 rings (SSSR count).